The molecule has 2 aromatic carbocycles. The molecule has 0 bridgehead atoms. The lowest BCUT2D eigenvalue weighted by Gasteiger charge is -2.43. The Kier molecular flexibility index (Phi) is 7.21. The Morgan fingerprint density at radius 1 is 1.03 bits per heavy atom. The molecule has 2 rings (SSSR count). The summed E-state index contributed by atoms with van der Waals surface area (Å²) >= 11 is 0. The molecule has 0 aliphatic rings. The van der Waals surface area contributed by atoms with Crippen LogP contribution in [0, 0.1) is 5.41 Å². The summed E-state index contributed by atoms with van der Waals surface area (Å²) in [4.78, 5) is 26.9. The normalized spacial score (nSPS) is 12.0. The van der Waals surface area contributed by atoms with Crippen molar-refractivity contribution in [1.29, 1.82) is 0 Å². The van der Waals surface area contributed by atoms with E-state index in [0.29, 0.717) is 16.9 Å². The summed E-state index contributed by atoms with van der Waals surface area (Å²) in [6.07, 6.45) is 1.62. The molecule has 1 unspecified atom stereocenters. The van der Waals surface area contributed by atoms with Gasteiger partial charge in [-0.3, -0.25) is 9.59 Å². The van der Waals surface area contributed by atoms with Gasteiger partial charge in [-0.05, 0) is 42.7 Å². The summed E-state index contributed by atoms with van der Waals surface area (Å²) in [7, 11) is 1.55. The first-order valence-electron chi connectivity index (χ1n) is 9.66. The van der Waals surface area contributed by atoms with Gasteiger partial charge >= 0.3 is 0 Å². The first-order valence-corrected chi connectivity index (χ1v) is 9.66. The van der Waals surface area contributed by atoms with Crippen LogP contribution in [0.1, 0.15) is 48.4 Å². The van der Waals surface area contributed by atoms with Crippen LogP contribution in [-0.4, -0.2) is 41.5 Å². The van der Waals surface area contributed by atoms with Crippen LogP contribution < -0.4 is 4.74 Å². The zero-order valence-corrected chi connectivity index (χ0v) is 17.9. The lowest BCUT2D eigenvalue weighted by atomic mass is 9.87. The van der Waals surface area contributed by atoms with Crippen LogP contribution in [0.4, 0.5) is 0 Å². The van der Waals surface area contributed by atoms with Gasteiger partial charge in [-0.25, -0.2) is 10.0 Å². The number of carbonyl (C=O) groups is 2. The van der Waals surface area contributed by atoms with Gasteiger partial charge in [0.05, 0.1) is 19.7 Å². The number of amides is 2. The summed E-state index contributed by atoms with van der Waals surface area (Å²) in [5.74, 6) is 0.0644. The van der Waals surface area contributed by atoms with Gasteiger partial charge < -0.3 is 4.74 Å². The van der Waals surface area contributed by atoms with Gasteiger partial charge in [0, 0.05) is 11.1 Å². The molecule has 1 atom stereocenters. The number of hydrogen-bond acceptors (Lipinski definition) is 3. The fourth-order valence-corrected chi connectivity index (χ4v) is 2.87. The summed E-state index contributed by atoms with van der Waals surface area (Å²) in [5, 5.41) is 3.02. The van der Waals surface area contributed by atoms with E-state index in [1.54, 1.807) is 54.6 Å². The highest BCUT2D eigenvalue weighted by Gasteiger charge is 2.36. The highest BCUT2D eigenvalue weighted by molar-refractivity contribution is 5.99. The van der Waals surface area contributed by atoms with E-state index in [0.717, 1.165) is 0 Å². The molecule has 0 aliphatic heterocycles. The Morgan fingerprint density at radius 2 is 1.66 bits per heavy atom. The van der Waals surface area contributed by atoms with Crippen molar-refractivity contribution in [2.45, 2.75) is 33.7 Å². The fourth-order valence-electron chi connectivity index (χ4n) is 2.87. The van der Waals surface area contributed by atoms with Crippen molar-refractivity contribution in [2.24, 2.45) is 5.41 Å². The monoisotopic (exact) mass is 394 g/mol. The van der Waals surface area contributed by atoms with E-state index in [4.69, 9.17) is 4.74 Å². The van der Waals surface area contributed by atoms with E-state index in [1.807, 2.05) is 45.9 Å². The summed E-state index contributed by atoms with van der Waals surface area (Å²) < 4.78 is 5.25. The minimum absolute atomic E-state index is 0.203. The van der Waals surface area contributed by atoms with Crippen molar-refractivity contribution < 1.29 is 14.3 Å². The lowest BCUT2D eigenvalue weighted by molar-refractivity contribution is -0.0370. The molecule has 29 heavy (non-hydrogen) atoms. The van der Waals surface area contributed by atoms with Crippen LogP contribution in [0.25, 0.3) is 0 Å². The zero-order chi connectivity index (χ0) is 21.6. The molecule has 0 spiro atoms. The fraction of sp³-hybridized carbons (Fsp3) is 0.333. The van der Waals surface area contributed by atoms with Crippen LogP contribution in [0.15, 0.2) is 67.3 Å². The van der Waals surface area contributed by atoms with Crippen molar-refractivity contribution in [1.82, 2.24) is 10.0 Å². The summed E-state index contributed by atoms with van der Waals surface area (Å²) in [6.45, 7) is 12.1. The average molecular weight is 395 g/mol. The van der Waals surface area contributed by atoms with Crippen molar-refractivity contribution in [2.75, 3.05) is 13.7 Å². The third kappa shape index (κ3) is 5.25. The number of methoxy groups -OCH3 is 1. The molecule has 0 fully saturated rings. The zero-order valence-electron chi connectivity index (χ0n) is 17.9. The van der Waals surface area contributed by atoms with Crippen LogP contribution in [0.5, 0.6) is 5.75 Å². The first-order chi connectivity index (χ1) is 13.7. The van der Waals surface area contributed by atoms with E-state index in [9.17, 15) is 9.59 Å². The van der Waals surface area contributed by atoms with E-state index in [-0.39, 0.29) is 29.8 Å². The lowest BCUT2D eigenvalue weighted by Crippen LogP contribution is -2.57. The van der Waals surface area contributed by atoms with Crippen molar-refractivity contribution in [3.05, 3.63) is 78.4 Å². The number of benzene rings is 2. The van der Waals surface area contributed by atoms with E-state index in [2.05, 4.69) is 6.58 Å². The van der Waals surface area contributed by atoms with Crippen molar-refractivity contribution >= 4 is 11.8 Å². The molecule has 0 aliphatic carbocycles. The first kappa shape index (κ1) is 22.2. The van der Waals surface area contributed by atoms with E-state index in [1.165, 1.54) is 5.01 Å². The SMILES string of the molecule is C=CCN(C(=O)c1cccc(OC)c1)N(C(=O)c1ccccc1)C(C)C(C)(C)C. The van der Waals surface area contributed by atoms with Crippen molar-refractivity contribution in [3.8, 4) is 5.75 Å². The molecule has 0 N–H and O–H groups in total. The minimum atomic E-state index is -0.288. The number of hydrazine groups is 1. The van der Waals surface area contributed by atoms with Gasteiger partial charge in [0.25, 0.3) is 11.8 Å². The molecular formula is C24H30N2O3. The molecule has 2 amide bonds. The van der Waals surface area contributed by atoms with Gasteiger partial charge in [0.1, 0.15) is 5.75 Å². The van der Waals surface area contributed by atoms with Gasteiger partial charge in [0.15, 0.2) is 0 Å². The number of ether oxygens (including phenoxy) is 1. The maximum atomic E-state index is 13.5. The quantitative estimate of drug-likeness (QED) is 0.522. The molecule has 0 heterocycles. The Bertz CT molecular complexity index is 856. The topological polar surface area (TPSA) is 49.9 Å². The highest BCUT2D eigenvalue weighted by Crippen LogP contribution is 2.28. The van der Waals surface area contributed by atoms with Gasteiger partial charge in [-0.15, -0.1) is 6.58 Å². The molecule has 0 saturated heterocycles. The maximum absolute atomic E-state index is 13.5. The van der Waals surface area contributed by atoms with Crippen molar-refractivity contribution in [3.63, 3.8) is 0 Å². The number of carbonyl (C=O) groups excluding carboxylic acids is 2. The van der Waals surface area contributed by atoms with Crippen LogP contribution >= 0.6 is 0 Å². The highest BCUT2D eigenvalue weighted by atomic mass is 16.5. The van der Waals surface area contributed by atoms with Gasteiger partial charge in [0.2, 0.25) is 0 Å². The Hall–Kier alpha value is -3.08. The number of rotatable bonds is 6. The smallest absolute Gasteiger partial charge is 0.272 e. The van der Waals surface area contributed by atoms with Gasteiger partial charge in [-0.2, -0.15) is 0 Å². The minimum Gasteiger partial charge on any atom is -0.497 e. The molecular weight excluding hydrogens is 364 g/mol. The van der Waals surface area contributed by atoms with Crippen LogP contribution in [0.2, 0.25) is 0 Å². The van der Waals surface area contributed by atoms with Crippen LogP contribution in [-0.2, 0) is 0 Å². The summed E-state index contributed by atoms with van der Waals surface area (Å²) in [6, 6.07) is 15.7. The average Bonchev–Trinajstić information content (AvgIpc) is 2.72. The van der Waals surface area contributed by atoms with E-state index >= 15 is 0 Å². The molecule has 5 heteroatoms. The second kappa shape index (κ2) is 9.41. The van der Waals surface area contributed by atoms with E-state index < -0.39 is 0 Å². The second-order valence-electron chi connectivity index (χ2n) is 7.97. The third-order valence-electron chi connectivity index (χ3n) is 4.96. The molecule has 0 saturated carbocycles. The maximum Gasteiger partial charge on any atom is 0.272 e. The Labute approximate surface area is 173 Å². The molecule has 154 valence electrons. The van der Waals surface area contributed by atoms with Gasteiger partial charge in [-0.1, -0.05) is 51.1 Å². The predicted octanol–water partition coefficient (Wildman–Crippen LogP) is 4.82. The number of hydrogen-bond donors (Lipinski definition) is 0. The Balaban J connectivity index is 2.54. The third-order valence-corrected chi connectivity index (χ3v) is 4.96. The molecule has 2 aromatic rings. The van der Waals surface area contributed by atoms with Crippen LogP contribution in [0.3, 0.4) is 0 Å². The summed E-state index contributed by atoms with van der Waals surface area (Å²) in [5.41, 5.74) is 0.715. The Morgan fingerprint density at radius 3 is 2.21 bits per heavy atom. The predicted molar refractivity (Wildman–Crippen MR) is 116 cm³/mol. The molecule has 5 nitrogen and oxygen atoms in total. The molecule has 0 aromatic heterocycles. The standard InChI is InChI=1S/C24H30N2O3/c1-7-16-25(22(27)20-14-11-15-21(17-20)29-6)26(18(2)24(3,4)5)23(28)19-12-9-8-10-13-19/h7-15,17-18H,1,16H2,2-6H3. The molecule has 0 radical (unpaired) electrons. The second-order valence-corrected chi connectivity index (χ2v) is 7.97. The number of nitrogens with zero attached hydrogens (tertiary/aromatic N) is 2. The largest absolute Gasteiger partial charge is 0.497 e.